The van der Waals surface area contributed by atoms with Gasteiger partial charge in [0.15, 0.2) is 6.61 Å². The van der Waals surface area contributed by atoms with Crippen LogP contribution >= 0.6 is 0 Å². The molecule has 0 amide bonds. The van der Waals surface area contributed by atoms with Crippen LogP contribution in [0.15, 0.2) is 24.3 Å². The Morgan fingerprint density at radius 3 is 2.26 bits per heavy atom. The summed E-state index contributed by atoms with van der Waals surface area (Å²) in [5.74, 6) is -1.23. The van der Waals surface area contributed by atoms with Gasteiger partial charge in [-0.1, -0.05) is 26.2 Å². The molecule has 0 heterocycles. The molecule has 128 valence electrons. The molecule has 0 spiro atoms. The molecule has 0 unspecified atom stereocenters. The van der Waals surface area contributed by atoms with E-state index in [1.807, 2.05) is 0 Å². The van der Waals surface area contributed by atoms with Crippen molar-refractivity contribution < 1.29 is 32.2 Å². The standard InChI is InChI=1S/C16H19F3O4/c1-2-3-4-5-6-14(20)23-13-9-7-12(8-10-13)15(21)22-11-16(17,18)19/h7-10H,2-6,11H2,1H3. The first kappa shape index (κ1) is 19.0. The third-order valence-corrected chi connectivity index (χ3v) is 2.92. The first-order chi connectivity index (χ1) is 10.8. The number of halogens is 3. The van der Waals surface area contributed by atoms with Crippen LogP contribution in [0.1, 0.15) is 49.4 Å². The van der Waals surface area contributed by atoms with Gasteiger partial charge >= 0.3 is 18.1 Å². The first-order valence-corrected chi connectivity index (χ1v) is 7.36. The molecule has 4 nitrogen and oxygen atoms in total. The number of benzene rings is 1. The second-order valence-electron chi connectivity index (χ2n) is 5.00. The molecule has 0 fully saturated rings. The molecular weight excluding hydrogens is 313 g/mol. The normalized spacial score (nSPS) is 11.1. The molecule has 23 heavy (non-hydrogen) atoms. The predicted octanol–water partition coefficient (Wildman–Crippen LogP) is 4.28. The maximum atomic E-state index is 12.0. The molecule has 0 saturated heterocycles. The molecule has 7 heteroatoms. The van der Waals surface area contributed by atoms with Gasteiger partial charge in [-0.05, 0) is 30.7 Å². The van der Waals surface area contributed by atoms with Crippen LogP contribution in [0.4, 0.5) is 13.2 Å². The summed E-state index contributed by atoms with van der Waals surface area (Å²) >= 11 is 0. The molecular formula is C16H19F3O4. The van der Waals surface area contributed by atoms with E-state index in [0.717, 1.165) is 25.7 Å². The summed E-state index contributed by atoms with van der Waals surface area (Å²) in [5.41, 5.74) is -0.0444. The van der Waals surface area contributed by atoms with E-state index < -0.39 is 18.8 Å². The van der Waals surface area contributed by atoms with E-state index in [0.29, 0.717) is 6.42 Å². The Labute approximate surface area is 132 Å². The summed E-state index contributed by atoms with van der Waals surface area (Å²) in [6.45, 7) is 0.430. The van der Waals surface area contributed by atoms with E-state index in [2.05, 4.69) is 11.7 Å². The number of hydrogen-bond acceptors (Lipinski definition) is 4. The number of carbonyl (C=O) groups excluding carboxylic acids is 2. The summed E-state index contributed by atoms with van der Waals surface area (Å²) in [6.07, 6.45) is -0.439. The molecule has 1 rings (SSSR count). The van der Waals surface area contributed by atoms with Crippen LogP contribution in [-0.2, 0) is 9.53 Å². The van der Waals surface area contributed by atoms with Gasteiger partial charge < -0.3 is 9.47 Å². The van der Waals surface area contributed by atoms with Crippen molar-refractivity contribution in [1.82, 2.24) is 0 Å². The Hall–Kier alpha value is -2.05. The number of ether oxygens (including phenoxy) is 2. The van der Waals surface area contributed by atoms with Crippen LogP contribution in [0, 0.1) is 0 Å². The van der Waals surface area contributed by atoms with Crippen molar-refractivity contribution in [1.29, 1.82) is 0 Å². The van der Waals surface area contributed by atoms with Gasteiger partial charge in [-0.15, -0.1) is 0 Å². The van der Waals surface area contributed by atoms with Gasteiger partial charge in [-0.2, -0.15) is 13.2 Å². The highest BCUT2D eigenvalue weighted by molar-refractivity contribution is 5.89. The van der Waals surface area contributed by atoms with E-state index >= 15 is 0 Å². The Kier molecular flexibility index (Phi) is 7.57. The molecule has 0 aromatic heterocycles. The van der Waals surface area contributed by atoms with Crippen molar-refractivity contribution >= 4 is 11.9 Å². The lowest BCUT2D eigenvalue weighted by Crippen LogP contribution is -2.20. The lowest BCUT2D eigenvalue weighted by atomic mass is 10.1. The topological polar surface area (TPSA) is 52.6 Å². The van der Waals surface area contributed by atoms with Gasteiger partial charge in [-0.3, -0.25) is 4.79 Å². The van der Waals surface area contributed by atoms with Crippen LogP contribution in [0.5, 0.6) is 5.75 Å². The van der Waals surface area contributed by atoms with Gasteiger partial charge in [0, 0.05) is 6.42 Å². The third kappa shape index (κ3) is 8.23. The zero-order chi connectivity index (χ0) is 17.3. The van der Waals surface area contributed by atoms with Crippen LogP contribution < -0.4 is 4.74 Å². The minimum absolute atomic E-state index is 0.0444. The molecule has 0 atom stereocenters. The van der Waals surface area contributed by atoms with Crippen LogP contribution in [0.25, 0.3) is 0 Å². The number of hydrogen-bond donors (Lipinski definition) is 0. The van der Waals surface area contributed by atoms with Crippen molar-refractivity contribution in [2.75, 3.05) is 6.61 Å². The second kappa shape index (κ2) is 9.17. The fraction of sp³-hybridized carbons (Fsp3) is 0.500. The van der Waals surface area contributed by atoms with Gasteiger partial charge in [0.25, 0.3) is 0 Å². The summed E-state index contributed by atoms with van der Waals surface area (Å²) in [4.78, 5) is 23.0. The van der Waals surface area contributed by atoms with Crippen molar-refractivity contribution in [3.05, 3.63) is 29.8 Å². The van der Waals surface area contributed by atoms with Crippen molar-refractivity contribution in [3.63, 3.8) is 0 Å². The Morgan fingerprint density at radius 1 is 1.04 bits per heavy atom. The van der Waals surface area contributed by atoms with E-state index in [4.69, 9.17) is 4.74 Å². The van der Waals surface area contributed by atoms with Crippen molar-refractivity contribution in [2.24, 2.45) is 0 Å². The van der Waals surface area contributed by atoms with E-state index in [-0.39, 0.29) is 17.3 Å². The summed E-state index contributed by atoms with van der Waals surface area (Å²) in [5, 5.41) is 0. The van der Waals surface area contributed by atoms with E-state index in [1.165, 1.54) is 24.3 Å². The highest BCUT2D eigenvalue weighted by Crippen LogP contribution is 2.17. The maximum absolute atomic E-state index is 12.0. The van der Waals surface area contributed by atoms with E-state index in [1.54, 1.807) is 0 Å². The van der Waals surface area contributed by atoms with Gasteiger partial charge in [0.1, 0.15) is 5.75 Å². The molecule has 0 bridgehead atoms. The summed E-state index contributed by atoms with van der Waals surface area (Å²) in [7, 11) is 0. The van der Waals surface area contributed by atoms with Crippen LogP contribution in [0.3, 0.4) is 0 Å². The average Bonchev–Trinajstić information content (AvgIpc) is 2.49. The molecule has 0 aliphatic carbocycles. The molecule has 0 radical (unpaired) electrons. The number of alkyl halides is 3. The fourth-order valence-corrected chi connectivity index (χ4v) is 1.77. The van der Waals surface area contributed by atoms with Crippen molar-refractivity contribution in [3.8, 4) is 5.75 Å². The SMILES string of the molecule is CCCCCCC(=O)Oc1ccc(C(=O)OCC(F)(F)F)cc1. The molecule has 0 N–H and O–H groups in total. The predicted molar refractivity (Wildman–Crippen MR) is 77.2 cm³/mol. The number of unbranched alkanes of at least 4 members (excludes halogenated alkanes) is 3. The molecule has 1 aromatic rings. The highest BCUT2D eigenvalue weighted by Gasteiger charge is 2.29. The van der Waals surface area contributed by atoms with Crippen LogP contribution in [0.2, 0.25) is 0 Å². The average molecular weight is 332 g/mol. The zero-order valence-corrected chi connectivity index (χ0v) is 12.8. The van der Waals surface area contributed by atoms with Gasteiger partial charge in [0.2, 0.25) is 0 Å². The number of rotatable bonds is 8. The Bertz CT molecular complexity index is 509. The Balaban J connectivity index is 2.43. The quantitative estimate of drug-likeness (QED) is 0.405. The second-order valence-corrected chi connectivity index (χ2v) is 5.00. The fourth-order valence-electron chi connectivity index (χ4n) is 1.77. The minimum Gasteiger partial charge on any atom is -0.452 e. The summed E-state index contributed by atoms with van der Waals surface area (Å²) < 4.78 is 45.1. The molecule has 0 saturated carbocycles. The van der Waals surface area contributed by atoms with Crippen LogP contribution in [-0.4, -0.2) is 24.7 Å². The largest absolute Gasteiger partial charge is 0.452 e. The lowest BCUT2D eigenvalue weighted by Gasteiger charge is -2.08. The first-order valence-electron chi connectivity index (χ1n) is 7.36. The molecule has 0 aliphatic rings. The monoisotopic (exact) mass is 332 g/mol. The molecule has 1 aromatic carbocycles. The number of esters is 2. The Morgan fingerprint density at radius 2 is 1.70 bits per heavy atom. The highest BCUT2D eigenvalue weighted by atomic mass is 19.4. The number of carbonyl (C=O) groups is 2. The van der Waals surface area contributed by atoms with Gasteiger partial charge in [0.05, 0.1) is 5.56 Å². The van der Waals surface area contributed by atoms with Crippen molar-refractivity contribution in [2.45, 2.75) is 45.2 Å². The molecule has 0 aliphatic heterocycles. The maximum Gasteiger partial charge on any atom is 0.422 e. The summed E-state index contributed by atoms with van der Waals surface area (Å²) in [6, 6.07) is 5.18. The lowest BCUT2D eigenvalue weighted by molar-refractivity contribution is -0.161. The van der Waals surface area contributed by atoms with Gasteiger partial charge in [-0.25, -0.2) is 4.79 Å². The van der Waals surface area contributed by atoms with E-state index in [9.17, 15) is 22.8 Å². The third-order valence-electron chi connectivity index (χ3n) is 2.92. The minimum atomic E-state index is -4.57. The zero-order valence-electron chi connectivity index (χ0n) is 12.8. The smallest absolute Gasteiger partial charge is 0.422 e.